The number of aryl methyl sites for hydroxylation is 1. The maximum absolute atomic E-state index is 11.1. The zero-order valence-corrected chi connectivity index (χ0v) is 14.5. The van der Waals surface area contributed by atoms with Crippen molar-refractivity contribution in [2.75, 3.05) is 20.4 Å². The summed E-state index contributed by atoms with van der Waals surface area (Å²) in [6.07, 6.45) is 0.250. The van der Waals surface area contributed by atoms with Gasteiger partial charge in [-0.05, 0) is 30.7 Å². The molecule has 0 atom stereocenters. The summed E-state index contributed by atoms with van der Waals surface area (Å²) in [6.45, 7) is 0.505. The van der Waals surface area contributed by atoms with Crippen molar-refractivity contribution in [3.05, 3.63) is 36.4 Å². The van der Waals surface area contributed by atoms with Gasteiger partial charge in [-0.2, -0.15) is 0 Å². The van der Waals surface area contributed by atoms with Crippen LogP contribution in [0.25, 0.3) is 21.8 Å². The van der Waals surface area contributed by atoms with Crippen LogP contribution < -0.4 is 9.47 Å². The first-order valence-electron chi connectivity index (χ1n) is 7.61. The van der Waals surface area contributed by atoms with Crippen molar-refractivity contribution in [2.24, 2.45) is 0 Å². The Morgan fingerprint density at radius 3 is 1.88 bits per heavy atom. The molecule has 0 bridgehead atoms. The molecule has 0 aliphatic heterocycles. The Hall–Kier alpha value is -2.01. The summed E-state index contributed by atoms with van der Waals surface area (Å²) in [7, 11) is -0.766. The second-order valence-electron chi connectivity index (χ2n) is 5.66. The number of fused-ring (bicyclic) bond motifs is 3. The van der Waals surface area contributed by atoms with E-state index in [-0.39, 0.29) is 6.16 Å². The van der Waals surface area contributed by atoms with E-state index >= 15 is 0 Å². The molecule has 24 heavy (non-hydrogen) atoms. The van der Waals surface area contributed by atoms with Crippen molar-refractivity contribution in [2.45, 2.75) is 13.0 Å². The minimum Gasteiger partial charge on any atom is -0.497 e. The van der Waals surface area contributed by atoms with E-state index in [2.05, 4.69) is 4.57 Å². The highest BCUT2D eigenvalue weighted by Gasteiger charge is 2.15. The Bertz CT molecular complexity index is 866. The summed E-state index contributed by atoms with van der Waals surface area (Å²) < 4.78 is 23.8. The minimum absolute atomic E-state index is 0.137. The lowest BCUT2D eigenvalue weighted by Gasteiger charge is -2.09. The van der Waals surface area contributed by atoms with Crippen molar-refractivity contribution < 1.29 is 23.8 Å². The van der Waals surface area contributed by atoms with Gasteiger partial charge in [0.1, 0.15) is 11.5 Å². The standard InChI is InChI=1S/C17H20NO5P/c1-22-12-4-6-14-15-7-5-13(23-2)11-17(15)18(16(14)10-12)8-3-9-24(19,20)21/h4-7,10-11H,3,8-9H2,1-2H3,(H2,19,20,21). The number of nitrogens with zero attached hydrogens (tertiary/aromatic N) is 1. The zero-order chi connectivity index (χ0) is 17.3. The monoisotopic (exact) mass is 349 g/mol. The second-order valence-corrected chi connectivity index (χ2v) is 7.44. The van der Waals surface area contributed by atoms with E-state index in [4.69, 9.17) is 19.3 Å². The van der Waals surface area contributed by atoms with Crippen LogP contribution in [0.2, 0.25) is 0 Å². The zero-order valence-electron chi connectivity index (χ0n) is 13.6. The third-order valence-electron chi connectivity index (χ3n) is 4.11. The van der Waals surface area contributed by atoms with Crippen LogP contribution in [0.5, 0.6) is 11.5 Å². The van der Waals surface area contributed by atoms with Gasteiger partial charge in [-0.3, -0.25) is 4.57 Å². The van der Waals surface area contributed by atoms with E-state index in [1.807, 2.05) is 36.4 Å². The van der Waals surface area contributed by atoms with Crippen LogP contribution in [-0.4, -0.2) is 34.7 Å². The van der Waals surface area contributed by atoms with Crippen LogP contribution in [0, 0.1) is 0 Å². The molecule has 0 aliphatic rings. The van der Waals surface area contributed by atoms with E-state index in [1.54, 1.807) is 14.2 Å². The molecule has 128 valence electrons. The Morgan fingerprint density at radius 2 is 1.46 bits per heavy atom. The second kappa shape index (κ2) is 6.48. The normalized spacial score (nSPS) is 12.0. The molecule has 0 saturated carbocycles. The van der Waals surface area contributed by atoms with Gasteiger partial charge >= 0.3 is 7.60 Å². The molecule has 6 nitrogen and oxygen atoms in total. The highest BCUT2D eigenvalue weighted by Crippen LogP contribution is 2.37. The fraction of sp³-hybridized carbons (Fsp3) is 0.294. The van der Waals surface area contributed by atoms with Gasteiger partial charge in [-0.15, -0.1) is 0 Å². The van der Waals surface area contributed by atoms with Gasteiger partial charge in [-0.1, -0.05) is 0 Å². The summed E-state index contributed by atoms with van der Waals surface area (Å²) in [5.41, 5.74) is 1.95. The Labute approximate surface area is 139 Å². The van der Waals surface area contributed by atoms with Gasteiger partial charge in [0.2, 0.25) is 0 Å². The van der Waals surface area contributed by atoms with Gasteiger partial charge in [0.05, 0.1) is 31.4 Å². The number of hydrogen-bond acceptors (Lipinski definition) is 3. The summed E-state index contributed by atoms with van der Waals surface area (Å²) in [5.74, 6) is 1.49. The highest BCUT2D eigenvalue weighted by atomic mass is 31.2. The van der Waals surface area contributed by atoms with Crippen molar-refractivity contribution in [3.8, 4) is 11.5 Å². The molecular weight excluding hydrogens is 329 g/mol. The Kier molecular flexibility index (Phi) is 4.54. The van der Waals surface area contributed by atoms with Gasteiger partial charge in [0.25, 0.3) is 0 Å². The molecule has 0 unspecified atom stereocenters. The molecular formula is C17H20NO5P. The molecule has 2 N–H and O–H groups in total. The first kappa shape index (κ1) is 16.8. The van der Waals surface area contributed by atoms with Gasteiger partial charge in [0, 0.05) is 29.4 Å². The summed E-state index contributed by atoms with van der Waals surface area (Å²) in [6, 6.07) is 11.7. The first-order chi connectivity index (χ1) is 11.4. The molecule has 7 heteroatoms. The smallest absolute Gasteiger partial charge is 0.325 e. The number of aromatic nitrogens is 1. The number of hydrogen-bond donors (Lipinski definition) is 2. The third kappa shape index (κ3) is 3.26. The number of methoxy groups -OCH3 is 2. The van der Waals surface area contributed by atoms with Crippen LogP contribution in [0.3, 0.4) is 0 Å². The predicted molar refractivity (Wildman–Crippen MR) is 94.1 cm³/mol. The Balaban J connectivity index is 2.14. The minimum atomic E-state index is -4.00. The van der Waals surface area contributed by atoms with Gasteiger partial charge in [0.15, 0.2) is 0 Å². The topological polar surface area (TPSA) is 80.9 Å². The number of ether oxygens (including phenoxy) is 2. The fourth-order valence-electron chi connectivity index (χ4n) is 2.98. The van der Waals surface area contributed by atoms with Crippen LogP contribution >= 0.6 is 7.60 Å². The van der Waals surface area contributed by atoms with Crippen LogP contribution in [0.15, 0.2) is 36.4 Å². The molecule has 1 aromatic heterocycles. The van der Waals surface area contributed by atoms with Crippen molar-refractivity contribution >= 4 is 29.4 Å². The average Bonchev–Trinajstić information content (AvgIpc) is 2.86. The quantitative estimate of drug-likeness (QED) is 0.667. The molecule has 1 heterocycles. The molecule has 0 amide bonds. The van der Waals surface area contributed by atoms with Crippen LogP contribution in [-0.2, 0) is 11.1 Å². The molecule has 3 rings (SSSR count). The van der Waals surface area contributed by atoms with Gasteiger partial charge < -0.3 is 23.8 Å². The summed E-state index contributed by atoms with van der Waals surface area (Å²) in [4.78, 5) is 18.2. The van der Waals surface area contributed by atoms with E-state index < -0.39 is 7.60 Å². The fourth-order valence-corrected chi connectivity index (χ4v) is 3.54. The Morgan fingerprint density at radius 1 is 0.958 bits per heavy atom. The van der Waals surface area contributed by atoms with Crippen LogP contribution in [0.4, 0.5) is 0 Å². The molecule has 0 saturated heterocycles. The number of benzene rings is 2. The largest absolute Gasteiger partial charge is 0.497 e. The highest BCUT2D eigenvalue weighted by molar-refractivity contribution is 7.51. The lowest BCUT2D eigenvalue weighted by atomic mass is 10.1. The number of rotatable bonds is 6. The molecule has 0 fully saturated rings. The van der Waals surface area contributed by atoms with Crippen molar-refractivity contribution in [1.29, 1.82) is 0 Å². The van der Waals surface area contributed by atoms with Crippen molar-refractivity contribution in [3.63, 3.8) is 0 Å². The average molecular weight is 349 g/mol. The predicted octanol–water partition coefficient (Wildman–Crippen LogP) is 3.38. The maximum atomic E-state index is 11.1. The molecule has 0 aliphatic carbocycles. The maximum Gasteiger partial charge on any atom is 0.325 e. The first-order valence-corrected chi connectivity index (χ1v) is 9.41. The van der Waals surface area contributed by atoms with E-state index in [0.717, 1.165) is 33.3 Å². The summed E-state index contributed by atoms with van der Waals surface area (Å²) in [5, 5.41) is 2.15. The third-order valence-corrected chi connectivity index (χ3v) is 5.01. The van der Waals surface area contributed by atoms with E-state index in [1.165, 1.54) is 0 Å². The molecule has 0 spiro atoms. The van der Waals surface area contributed by atoms with E-state index in [9.17, 15) is 4.57 Å². The molecule has 0 radical (unpaired) electrons. The lowest BCUT2D eigenvalue weighted by Crippen LogP contribution is -2.01. The molecule has 2 aromatic carbocycles. The molecule has 3 aromatic rings. The van der Waals surface area contributed by atoms with Gasteiger partial charge in [-0.25, -0.2) is 0 Å². The van der Waals surface area contributed by atoms with Crippen molar-refractivity contribution in [1.82, 2.24) is 4.57 Å². The van der Waals surface area contributed by atoms with E-state index in [0.29, 0.717) is 13.0 Å². The lowest BCUT2D eigenvalue weighted by molar-refractivity contribution is 0.370. The summed E-state index contributed by atoms with van der Waals surface area (Å²) >= 11 is 0. The van der Waals surface area contributed by atoms with Crippen LogP contribution in [0.1, 0.15) is 6.42 Å². The SMILES string of the molecule is COc1ccc2c3ccc(OC)cc3n(CCCP(=O)(O)O)c2c1.